The Bertz CT molecular complexity index is 1000. The van der Waals surface area contributed by atoms with E-state index in [1.54, 1.807) is 18.4 Å². The van der Waals surface area contributed by atoms with Crippen molar-refractivity contribution in [1.82, 2.24) is 19.8 Å². The number of nitrogens with zero attached hydrogens (tertiary/aromatic N) is 3. The van der Waals surface area contributed by atoms with Crippen LogP contribution in [-0.2, 0) is 11.3 Å². The zero-order chi connectivity index (χ0) is 21.8. The fourth-order valence-electron chi connectivity index (χ4n) is 3.56. The second kappa shape index (κ2) is 9.45. The molecular weight excluding hydrogens is 396 g/mol. The highest BCUT2D eigenvalue weighted by molar-refractivity contribution is 7.09. The fraction of sp³-hybridized carbons (Fsp3) is 0.391. The number of thiazole rings is 1. The number of rotatable bonds is 8. The normalized spacial score (nSPS) is 11.3. The van der Waals surface area contributed by atoms with Crippen LogP contribution in [0.2, 0.25) is 0 Å². The molecule has 1 amide bonds. The first-order valence-corrected chi connectivity index (χ1v) is 10.9. The Labute approximate surface area is 182 Å². The van der Waals surface area contributed by atoms with Crippen molar-refractivity contribution in [3.05, 3.63) is 52.1 Å². The van der Waals surface area contributed by atoms with Crippen molar-refractivity contribution in [1.29, 1.82) is 0 Å². The molecule has 0 bridgehead atoms. The summed E-state index contributed by atoms with van der Waals surface area (Å²) in [6.07, 6.45) is 0. The lowest BCUT2D eigenvalue weighted by Crippen LogP contribution is -2.38. The Hall–Kier alpha value is -2.64. The molecule has 0 radical (unpaired) electrons. The van der Waals surface area contributed by atoms with Crippen LogP contribution in [0.25, 0.3) is 16.9 Å². The second-order valence-corrected chi connectivity index (χ2v) is 8.78. The number of hydrogen-bond donors (Lipinski definition) is 1. The summed E-state index contributed by atoms with van der Waals surface area (Å²) in [5, 5.41) is 6.02. The van der Waals surface area contributed by atoms with Crippen molar-refractivity contribution >= 4 is 17.2 Å². The monoisotopic (exact) mass is 426 g/mol. The van der Waals surface area contributed by atoms with E-state index in [0.29, 0.717) is 13.1 Å². The highest BCUT2D eigenvalue weighted by Gasteiger charge is 2.16. The van der Waals surface area contributed by atoms with Gasteiger partial charge in [0.05, 0.1) is 25.9 Å². The molecule has 2 aromatic heterocycles. The molecule has 0 aliphatic heterocycles. The van der Waals surface area contributed by atoms with Crippen LogP contribution in [0.1, 0.15) is 30.2 Å². The first-order chi connectivity index (χ1) is 14.3. The van der Waals surface area contributed by atoms with E-state index < -0.39 is 0 Å². The molecule has 0 aliphatic rings. The Morgan fingerprint density at radius 3 is 2.60 bits per heavy atom. The summed E-state index contributed by atoms with van der Waals surface area (Å²) in [4.78, 5) is 18.8. The average molecular weight is 427 g/mol. The molecule has 0 atom stereocenters. The standard InChI is InChI=1S/C23H30N4O2S/c1-15(2)24-22(28)12-26(5)13-23-25-21(14-30-23)20-11-16(3)27(17(20)4)18-7-9-19(29-6)10-8-18/h7-11,14-15H,12-13H2,1-6H3,(H,24,28). The maximum atomic E-state index is 12.0. The van der Waals surface area contributed by atoms with Gasteiger partial charge in [0.1, 0.15) is 10.8 Å². The van der Waals surface area contributed by atoms with Crippen LogP contribution >= 0.6 is 11.3 Å². The van der Waals surface area contributed by atoms with Gasteiger partial charge in [-0.1, -0.05) is 0 Å². The Morgan fingerprint density at radius 1 is 1.27 bits per heavy atom. The van der Waals surface area contributed by atoms with Crippen molar-refractivity contribution in [3.63, 3.8) is 0 Å². The van der Waals surface area contributed by atoms with Crippen molar-refractivity contribution in [3.8, 4) is 22.7 Å². The molecule has 1 N–H and O–H groups in total. The molecule has 0 aliphatic carbocycles. The van der Waals surface area contributed by atoms with Gasteiger partial charge in [-0.25, -0.2) is 4.98 Å². The van der Waals surface area contributed by atoms with E-state index in [9.17, 15) is 4.79 Å². The summed E-state index contributed by atoms with van der Waals surface area (Å²) in [5.74, 6) is 0.879. The third kappa shape index (κ3) is 5.09. The lowest BCUT2D eigenvalue weighted by atomic mass is 10.2. The van der Waals surface area contributed by atoms with Crippen molar-refractivity contribution < 1.29 is 9.53 Å². The van der Waals surface area contributed by atoms with E-state index in [2.05, 4.69) is 47.3 Å². The first-order valence-electron chi connectivity index (χ1n) is 10.0. The topological polar surface area (TPSA) is 59.4 Å². The number of aryl methyl sites for hydroxylation is 1. The molecule has 30 heavy (non-hydrogen) atoms. The van der Waals surface area contributed by atoms with Crippen LogP contribution in [0.4, 0.5) is 0 Å². The average Bonchev–Trinajstić information content (AvgIpc) is 3.24. The molecule has 6 nitrogen and oxygen atoms in total. The van der Waals surface area contributed by atoms with E-state index in [-0.39, 0.29) is 11.9 Å². The van der Waals surface area contributed by atoms with Crippen molar-refractivity contribution in [2.24, 2.45) is 0 Å². The number of hydrogen-bond acceptors (Lipinski definition) is 5. The van der Waals surface area contributed by atoms with E-state index in [1.165, 1.54) is 0 Å². The van der Waals surface area contributed by atoms with Crippen LogP contribution in [0, 0.1) is 13.8 Å². The quantitative estimate of drug-likeness (QED) is 0.587. The highest BCUT2D eigenvalue weighted by atomic mass is 32.1. The van der Waals surface area contributed by atoms with Gasteiger partial charge in [0, 0.05) is 34.1 Å². The van der Waals surface area contributed by atoms with Gasteiger partial charge < -0.3 is 14.6 Å². The number of benzene rings is 1. The Kier molecular flexibility index (Phi) is 6.95. The van der Waals surface area contributed by atoms with Crippen molar-refractivity contribution in [2.45, 2.75) is 40.3 Å². The smallest absolute Gasteiger partial charge is 0.234 e. The van der Waals surface area contributed by atoms with Gasteiger partial charge in [-0.05, 0) is 65.1 Å². The van der Waals surface area contributed by atoms with Gasteiger partial charge in [0.25, 0.3) is 0 Å². The summed E-state index contributed by atoms with van der Waals surface area (Å²) in [7, 11) is 3.61. The number of aromatic nitrogens is 2. The zero-order valence-corrected chi connectivity index (χ0v) is 19.3. The molecule has 1 aromatic carbocycles. The summed E-state index contributed by atoms with van der Waals surface area (Å²) < 4.78 is 7.50. The Morgan fingerprint density at radius 2 is 1.97 bits per heavy atom. The fourth-order valence-corrected chi connectivity index (χ4v) is 4.43. The van der Waals surface area contributed by atoms with Crippen LogP contribution in [-0.4, -0.2) is 47.1 Å². The van der Waals surface area contributed by atoms with E-state index >= 15 is 0 Å². The van der Waals surface area contributed by atoms with E-state index in [0.717, 1.165) is 39.1 Å². The van der Waals surface area contributed by atoms with Gasteiger partial charge in [0.2, 0.25) is 5.91 Å². The number of ether oxygens (including phenoxy) is 1. The van der Waals surface area contributed by atoms with Gasteiger partial charge in [-0.2, -0.15) is 0 Å². The molecule has 0 fully saturated rings. The third-order valence-corrected chi connectivity index (χ3v) is 5.69. The van der Waals surface area contributed by atoms with Gasteiger partial charge >= 0.3 is 0 Å². The number of nitrogens with one attached hydrogen (secondary N) is 1. The number of methoxy groups -OCH3 is 1. The number of likely N-dealkylation sites (N-methyl/N-ethyl adjacent to an activating group) is 1. The van der Waals surface area contributed by atoms with Crippen molar-refractivity contribution in [2.75, 3.05) is 20.7 Å². The van der Waals surface area contributed by atoms with Crippen LogP contribution < -0.4 is 10.1 Å². The van der Waals surface area contributed by atoms with Gasteiger partial charge in [-0.3, -0.25) is 9.69 Å². The molecular formula is C23H30N4O2S. The molecule has 0 saturated carbocycles. The van der Waals surface area contributed by atoms with Crippen LogP contribution in [0.3, 0.4) is 0 Å². The van der Waals surface area contributed by atoms with E-state index in [1.807, 2.05) is 37.9 Å². The van der Waals surface area contributed by atoms with Crippen LogP contribution in [0.15, 0.2) is 35.7 Å². The minimum Gasteiger partial charge on any atom is -0.497 e. The SMILES string of the molecule is COc1ccc(-n2c(C)cc(-c3csc(CN(C)CC(=O)NC(C)C)n3)c2C)cc1. The third-order valence-electron chi connectivity index (χ3n) is 4.86. The molecule has 2 heterocycles. The minimum absolute atomic E-state index is 0.0346. The molecule has 3 aromatic rings. The maximum absolute atomic E-state index is 12.0. The summed E-state index contributed by atoms with van der Waals surface area (Å²) >= 11 is 1.63. The molecule has 7 heteroatoms. The lowest BCUT2D eigenvalue weighted by Gasteiger charge is -2.16. The van der Waals surface area contributed by atoms with Gasteiger partial charge in [0.15, 0.2) is 0 Å². The summed E-state index contributed by atoms with van der Waals surface area (Å²) in [6.45, 7) is 9.16. The number of carbonyl (C=O) groups is 1. The largest absolute Gasteiger partial charge is 0.497 e. The predicted molar refractivity (Wildman–Crippen MR) is 123 cm³/mol. The molecule has 3 rings (SSSR count). The summed E-state index contributed by atoms with van der Waals surface area (Å²) in [5.41, 5.74) is 5.51. The summed E-state index contributed by atoms with van der Waals surface area (Å²) in [6, 6.07) is 10.4. The van der Waals surface area contributed by atoms with E-state index in [4.69, 9.17) is 9.72 Å². The molecule has 160 valence electrons. The first kappa shape index (κ1) is 22.1. The molecule has 0 unspecified atom stereocenters. The predicted octanol–water partition coefficient (Wildman–Crippen LogP) is 4.18. The molecule has 0 saturated heterocycles. The lowest BCUT2D eigenvalue weighted by molar-refractivity contribution is -0.122. The van der Waals surface area contributed by atoms with Gasteiger partial charge in [-0.15, -0.1) is 11.3 Å². The Balaban J connectivity index is 1.76. The minimum atomic E-state index is 0.0346. The van der Waals surface area contributed by atoms with Crippen LogP contribution in [0.5, 0.6) is 5.75 Å². The number of amides is 1. The zero-order valence-electron chi connectivity index (χ0n) is 18.5. The second-order valence-electron chi connectivity index (χ2n) is 7.84. The number of carbonyl (C=O) groups excluding carboxylic acids is 1. The molecule has 0 spiro atoms. The highest BCUT2D eigenvalue weighted by Crippen LogP contribution is 2.31. The maximum Gasteiger partial charge on any atom is 0.234 e.